The largest absolute Gasteiger partial charge is 0.388 e. The summed E-state index contributed by atoms with van der Waals surface area (Å²) in [6, 6.07) is 13.7. The summed E-state index contributed by atoms with van der Waals surface area (Å²) in [6.45, 7) is 1.65. The number of halogens is 1. The molecule has 2 aromatic carbocycles. The van der Waals surface area contributed by atoms with Gasteiger partial charge in [-0.15, -0.1) is 0 Å². The number of anilines is 2. The molecule has 0 radical (unpaired) electrons. The third kappa shape index (κ3) is 2.28. The predicted octanol–water partition coefficient (Wildman–Crippen LogP) is 3.43. The topological polar surface area (TPSA) is 15.3 Å². The van der Waals surface area contributed by atoms with Crippen LogP contribution >= 0.6 is 0 Å². The van der Waals surface area contributed by atoms with E-state index in [1.807, 2.05) is 18.2 Å². The molecule has 2 nitrogen and oxygen atoms in total. The first-order chi connectivity index (χ1) is 9.28. The monoisotopic (exact) mass is 256 g/mol. The van der Waals surface area contributed by atoms with Gasteiger partial charge < -0.3 is 10.2 Å². The van der Waals surface area contributed by atoms with E-state index in [4.69, 9.17) is 0 Å². The Labute approximate surface area is 112 Å². The molecule has 3 heteroatoms. The molecule has 98 valence electrons. The van der Waals surface area contributed by atoms with Crippen LogP contribution in [0.5, 0.6) is 0 Å². The van der Waals surface area contributed by atoms with Crippen molar-refractivity contribution in [2.45, 2.75) is 13.0 Å². The summed E-state index contributed by atoms with van der Waals surface area (Å²) in [4.78, 5) is 2.11. The lowest BCUT2D eigenvalue weighted by atomic mass is 9.99. The zero-order valence-electron chi connectivity index (χ0n) is 11.0. The molecule has 0 bridgehead atoms. The van der Waals surface area contributed by atoms with Crippen LogP contribution < -0.4 is 10.2 Å². The number of benzene rings is 2. The Hall–Kier alpha value is -2.03. The summed E-state index contributed by atoms with van der Waals surface area (Å²) in [5, 5.41) is 2.96. The summed E-state index contributed by atoms with van der Waals surface area (Å²) in [5.41, 5.74) is 4.17. The van der Waals surface area contributed by atoms with Crippen molar-refractivity contribution in [3.05, 3.63) is 59.4 Å². The van der Waals surface area contributed by atoms with Gasteiger partial charge in [-0.1, -0.05) is 24.3 Å². The van der Waals surface area contributed by atoms with E-state index in [1.54, 1.807) is 13.1 Å². The highest BCUT2D eigenvalue weighted by molar-refractivity contribution is 5.57. The van der Waals surface area contributed by atoms with Crippen LogP contribution in [0.15, 0.2) is 42.5 Å². The van der Waals surface area contributed by atoms with Crippen molar-refractivity contribution in [2.75, 3.05) is 23.8 Å². The van der Waals surface area contributed by atoms with E-state index < -0.39 is 0 Å². The van der Waals surface area contributed by atoms with E-state index in [9.17, 15) is 4.39 Å². The minimum Gasteiger partial charge on any atom is -0.388 e. The van der Waals surface area contributed by atoms with Crippen LogP contribution in [0.3, 0.4) is 0 Å². The van der Waals surface area contributed by atoms with Gasteiger partial charge in [0, 0.05) is 25.8 Å². The van der Waals surface area contributed by atoms with Crippen LogP contribution in [0.1, 0.15) is 11.1 Å². The van der Waals surface area contributed by atoms with Crippen LogP contribution in [0.2, 0.25) is 0 Å². The van der Waals surface area contributed by atoms with Gasteiger partial charge in [-0.2, -0.15) is 0 Å². The second kappa shape index (κ2) is 4.92. The number of nitrogens with zero attached hydrogens (tertiary/aromatic N) is 1. The maximum Gasteiger partial charge on any atom is 0.148 e. The van der Waals surface area contributed by atoms with Crippen molar-refractivity contribution >= 4 is 11.4 Å². The highest BCUT2D eigenvalue weighted by atomic mass is 19.1. The highest BCUT2D eigenvalue weighted by Gasteiger charge is 2.18. The molecule has 0 amide bonds. The molecule has 1 aliphatic rings. The molecule has 1 aliphatic heterocycles. The quantitative estimate of drug-likeness (QED) is 0.885. The van der Waals surface area contributed by atoms with Crippen LogP contribution in [-0.2, 0) is 13.0 Å². The van der Waals surface area contributed by atoms with Crippen LogP contribution in [0.25, 0.3) is 0 Å². The number of fused-ring (bicyclic) bond motifs is 1. The summed E-state index contributed by atoms with van der Waals surface area (Å²) >= 11 is 0. The van der Waals surface area contributed by atoms with Crippen molar-refractivity contribution < 1.29 is 4.39 Å². The van der Waals surface area contributed by atoms with Gasteiger partial charge in [0.1, 0.15) is 5.82 Å². The second-order valence-corrected chi connectivity index (χ2v) is 4.86. The summed E-state index contributed by atoms with van der Waals surface area (Å²) < 4.78 is 14.1. The maximum atomic E-state index is 14.1. The molecular weight excluding hydrogens is 239 g/mol. The molecule has 0 unspecified atom stereocenters. The molecule has 0 atom stereocenters. The smallest absolute Gasteiger partial charge is 0.148 e. The van der Waals surface area contributed by atoms with E-state index in [0.29, 0.717) is 5.69 Å². The van der Waals surface area contributed by atoms with E-state index in [1.165, 1.54) is 11.1 Å². The fourth-order valence-electron chi connectivity index (χ4n) is 2.62. The molecule has 0 aliphatic carbocycles. The summed E-state index contributed by atoms with van der Waals surface area (Å²) in [7, 11) is 1.80. The number of hydrogen-bond acceptors (Lipinski definition) is 2. The third-order valence-corrected chi connectivity index (χ3v) is 3.71. The normalized spacial score (nSPS) is 14.1. The number of rotatable bonds is 2. The van der Waals surface area contributed by atoms with Gasteiger partial charge >= 0.3 is 0 Å². The Kier molecular flexibility index (Phi) is 3.11. The zero-order chi connectivity index (χ0) is 13.2. The standard InChI is InChI=1S/C16H17FN2/c1-18-14-6-7-16(15(17)10-14)19-9-8-12-4-2-3-5-13(12)11-19/h2-7,10,18H,8-9,11H2,1H3. The van der Waals surface area contributed by atoms with Crippen molar-refractivity contribution in [3.8, 4) is 0 Å². The van der Waals surface area contributed by atoms with Crippen molar-refractivity contribution in [2.24, 2.45) is 0 Å². The van der Waals surface area contributed by atoms with Crippen molar-refractivity contribution in [1.29, 1.82) is 0 Å². The van der Waals surface area contributed by atoms with Gasteiger partial charge in [0.15, 0.2) is 0 Å². The Morgan fingerprint density at radius 2 is 1.89 bits per heavy atom. The molecule has 0 spiro atoms. The van der Waals surface area contributed by atoms with Crippen molar-refractivity contribution in [3.63, 3.8) is 0 Å². The van der Waals surface area contributed by atoms with Gasteiger partial charge in [-0.25, -0.2) is 4.39 Å². The van der Waals surface area contributed by atoms with E-state index in [2.05, 4.69) is 28.4 Å². The molecule has 0 saturated heterocycles. The van der Waals surface area contributed by atoms with Crippen LogP contribution in [0, 0.1) is 5.82 Å². The molecule has 0 saturated carbocycles. The minimum absolute atomic E-state index is 0.161. The second-order valence-electron chi connectivity index (χ2n) is 4.86. The average Bonchev–Trinajstić information content (AvgIpc) is 2.46. The molecule has 3 rings (SSSR count). The lowest BCUT2D eigenvalue weighted by Crippen LogP contribution is -2.30. The molecule has 2 aromatic rings. The van der Waals surface area contributed by atoms with Gasteiger partial charge in [0.2, 0.25) is 0 Å². The Balaban J connectivity index is 1.89. The summed E-state index contributed by atoms with van der Waals surface area (Å²) in [6.07, 6.45) is 0.976. The maximum absolute atomic E-state index is 14.1. The van der Waals surface area contributed by atoms with Crippen LogP contribution in [-0.4, -0.2) is 13.6 Å². The molecule has 0 fully saturated rings. The predicted molar refractivity (Wildman–Crippen MR) is 77.1 cm³/mol. The van der Waals surface area contributed by atoms with E-state index in [-0.39, 0.29) is 5.82 Å². The van der Waals surface area contributed by atoms with E-state index in [0.717, 1.165) is 25.2 Å². The fraction of sp³-hybridized carbons (Fsp3) is 0.250. The van der Waals surface area contributed by atoms with Crippen LogP contribution in [0.4, 0.5) is 15.8 Å². The first kappa shape index (κ1) is 12.0. The average molecular weight is 256 g/mol. The number of hydrogen-bond donors (Lipinski definition) is 1. The molecular formula is C16H17FN2. The fourth-order valence-corrected chi connectivity index (χ4v) is 2.62. The first-order valence-corrected chi connectivity index (χ1v) is 6.57. The molecule has 1 N–H and O–H groups in total. The van der Waals surface area contributed by atoms with Gasteiger partial charge in [-0.3, -0.25) is 0 Å². The summed E-state index contributed by atoms with van der Waals surface area (Å²) in [5.74, 6) is -0.161. The molecule has 1 heterocycles. The zero-order valence-corrected chi connectivity index (χ0v) is 11.0. The van der Waals surface area contributed by atoms with Gasteiger partial charge in [-0.05, 0) is 35.7 Å². The Bertz CT molecular complexity index is 595. The van der Waals surface area contributed by atoms with E-state index >= 15 is 0 Å². The lowest BCUT2D eigenvalue weighted by Gasteiger charge is -2.31. The Morgan fingerprint density at radius 3 is 2.63 bits per heavy atom. The Morgan fingerprint density at radius 1 is 1.11 bits per heavy atom. The number of nitrogens with one attached hydrogen (secondary N) is 1. The van der Waals surface area contributed by atoms with Crippen molar-refractivity contribution in [1.82, 2.24) is 0 Å². The van der Waals surface area contributed by atoms with Gasteiger partial charge in [0.05, 0.1) is 5.69 Å². The molecule has 19 heavy (non-hydrogen) atoms. The third-order valence-electron chi connectivity index (χ3n) is 3.71. The lowest BCUT2D eigenvalue weighted by molar-refractivity contribution is 0.611. The SMILES string of the molecule is CNc1ccc(N2CCc3ccccc3C2)c(F)c1. The molecule has 0 aromatic heterocycles. The van der Waals surface area contributed by atoms with Gasteiger partial charge in [0.25, 0.3) is 0 Å². The highest BCUT2D eigenvalue weighted by Crippen LogP contribution is 2.28. The first-order valence-electron chi connectivity index (χ1n) is 6.57. The minimum atomic E-state index is -0.161.